The average Bonchev–Trinajstić information content (AvgIpc) is 2.46. The van der Waals surface area contributed by atoms with Crippen LogP contribution in [-0.2, 0) is 0 Å². The molecule has 1 aliphatic heterocycles. The summed E-state index contributed by atoms with van der Waals surface area (Å²) in [7, 11) is 0. The summed E-state index contributed by atoms with van der Waals surface area (Å²) in [5.74, 6) is 3.72. The van der Waals surface area contributed by atoms with Crippen molar-refractivity contribution in [3.63, 3.8) is 0 Å². The fraction of sp³-hybridized carbons (Fsp3) is 0.750. The number of aromatic nitrogens is 2. The Bertz CT molecular complexity index is 470. The summed E-state index contributed by atoms with van der Waals surface area (Å²) < 4.78 is 0. The predicted octanol–water partition coefficient (Wildman–Crippen LogP) is 3.34. The number of anilines is 2. The predicted molar refractivity (Wildman–Crippen MR) is 82.9 cm³/mol. The second-order valence-corrected chi connectivity index (χ2v) is 6.61. The highest BCUT2D eigenvalue weighted by Gasteiger charge is 2.34. The minimum absolute atomic E-state index is 0.323. The Morgan fingerprint density at radius 2 is 1.90 bits per heavy atom. The van der Waals surface area contributed by atoms with Crippen LogP contribution in [0.15, 0.2) is 6.07 Å². The van der Waals surface area contributed by atoms with Gasteiger partial charge in [0.25, 0.3) is 0 Å². The number of piperidine rings is 1. The quantitative estimate of drug-likeness (QED) is 0.898. The Morgan fingerprint density at radius 3 is 2.70 bits per heavy atom. The summed E-state index contributed by atoms with van der Waals surface area (Å²) in [6.07, 6.45) is 8.12. The van der Waals surface area contributed by atoms with Crippen molar-refractivity contribution in [2.75, 3.05) is 17.2 Å². The zero-order valence-corrected chi connectivity index (χ0v) is 12.7. The molecule has 1 saturated carbocycles. The molecule has 1 aromatic heterocycles. The summed E-state index contributed by atoms with van der Waals surface area (Å²) in [5.41, 5.74) is 5.99. The lowest BCUT2D eigenvalue weighted by atomic mass is 9.78. The van der Waals surface area contributed by atoms with Crippen molar-refractivity contribution in [1.82, 2.24) is 9.97 Å². The van der Waals surface area contributed by atoms with Crippen LogP contribution >= 0.6 is 0 Å². The van der Waals surface area contributed by atoms with Crippen molar-refractivity contribution < 1.29 is 0 Å². The number of fused-ring (bicyclic) bond motifs is 1. The van der Waals surface area contributed by atoms with Gasteiger partial charge in [0.15, 0.2) is 0 Å². The SMILES string of the molecule is CC(C)c1nc(N)cc(N2CCCC3CCCCC32)n1. The highest BCUT2D eigenvalue weighted by Crippen LogP contribution is 2.37. The van der Waals surface area contributed by atoms with Crippen LogP contribution in [0.3, 0.4) is 0 Å². The van der Waals surface area contributed by atoms with E-state index in [9.17, 15) is 0 Å². The van der Waals surface area contributed by atoms with Crippen LogP contribution in [0.4, 0.5) is 11.6 Å². The zero-order chi connectivity index (χ0) is 14.1. The zero-order valence-electron chi connectivity index (χ0n) is 12.7. The molecular weight excluding hydrogens is 248 g/mol. The summed E-state index contributed by atoms with van der Waals surface area (Å²) in [5, 5.41) is 0. The van der Waals surface area contributed by atoms with Crippen LogP contribution in [0.25, 0.3) is 0 Å². The molecular formula is C16H26N4. The third-order valence-corrected chi connectivity index (χ3v) is 4.80. The standard InChI is InChI=1S/C16H26N4/c1-11(2)16-18-14(17)10-15(19-16)20-9-5-7-12-6-3-4-8-13(12)20/h10-13H,3-9H2,1-2H3,(H2,17,18,19). The molecule has 2 heterocycles. The lowest BCUT2D eigenvalue weighted by Gasteiger charge is -2.44. The first kappa shape index (κ1) is 13.7. The Kier molecular flexibility index (Phi) is 3.81. The number of nitrogen functional groups attached to an aromatic ring is 1. The molecule has 2 fully saturated rings. The molecule has 4 nitrogen and oxygen atoms in total. The molecule has 2 atom stereocenters. The van der Waals surface area contributed by atoms with E-state index >= 15 is 0 Å². The fourth-order valence-electron chi connectivity index (χ4n) is 3.79. The topological polar surface area (TPSA) is 55.0 Å². The molecule has 0 spiro atoms. The van der Waals surface area contributed by atoms with Crippen LogP contribution in [0, 0.1) is 5.92 Å². The lowest BCUT2D eigenvalue weighted by Crippen LogP contribution is -2.47. The summed E-state index contributed by atoms with van der Waals surface area (Å²) in [6, 6.07) is 2.63. The van der Waals surface area contributed by atoms with Crippen LogP contribution in [0.2, 0.25) is 0 Å². The highest BCUT2D eigenvalue weighted by atomic mass is 15.2. The van der Waals surface area contributed by atoms with Crippen molar-refractivity contribution in [1.29, 1.82) is 0 Å². The molecule has 4 heteroatoms. The van der Waals surface area contributed by atoms with Crippen LogP contribution in [-0.4, -0.2) is 22.6 Å². The molecule has 0 amide bonds. The summed E-state index contributed by atoms with van der Waals surface area (Å²) in [6.45, 7) is 5.37. The van der Waals surface area contributed by atoms with E-state index in [2.05, 4.69) is 23.7 Å². The van der Waals surface area contributed by atoms with Gasteiger partial charge in [-0.2, -0.15) is 0 Å². The molecule has 0 aromatic carbocycles. The van der Waals surface area contributed by atoms with Crippen molar-refractivity contribution >= 4 is 11.6 Å². The Hall–Kier alpha value is -1.32. The molecule has 2 aliphatic rings. The molecule has 20 heavy (non-hydrogen) atoms. The molecule has 110 valence electrons. The van der Waals surface area contributed by atoms with Crippen molar-refractivity contribution in [3.05, 3.63) is 11.9 Å². The van der Waals surface area contributed by atoms with Crippen LogP contribution < -0.4 is 10.6 Å². The number of nitrogens with two attached hydrogens (primary N) is 1. The van der Waals surface area contributed by atoms with E-state index in [-0.39, 0.29) is 0 Å². The molecule has 2 unspecified atom stereocenters. The minimum Gasteiger partial charge on any atom is -0.384 e. The maximum Gasteiger partial charge on any atom is 0.135 e. The lowest BCUT2D eigenvalue weighted by molar-refractivity contribution is 0.242. The van der Waals surface area contributed by atoms with Gasteiger partial charge in [0.05, 0.1) is 0 Å². The first-order valence-corrected chi connectivity index (χ1v) is 8.06. The summed E-state index contributed by atoms with van der Waals surface area (Å²) >= 11 is 0. The van der Waals surface area contributed by atoms with E-state index in [1.807, 2.05) is 6.07 Å². The van der Waals surface area contributed by atoms with Gasteiger partial charge >= 0.3 is 0 Å². The van der Waals surface area contributed by atoms with E-state index in [0.717, 1.165) is 24.1 Å². The Balaban J connectivity index is 1.90. The smallest absolute Gasteiger partial charge is 0.135 e. The third kappa shape index (κ3) is 2.60. The molecule has 0 bridgehead atoms. The van der Waals surface area contributed by atoms with Gasteiger partial charge in [-0.1, -0.05) is 26.7 Å². The first-order chi connectivity index (χ1) is 9.65. The van der Waals surface area contributed by atoms with Gasteiger partial charge in [-0.3, -0.25) is 0 Å². The Morgan fingerprint density at radius 1 is 1.15 bits per heavy atom. The Labute approximate surface area is 121 Å². The number of nitrogens with zero attached hydrogens (tertiary/aromatic N) is 3. The molecule has 1 saturated heterocycles. The van der Waals surface area contributed by atoms with Crippen LogP contribution in [0.1, 0.15) is 64.1 Å². The molecule has 3 rings (SSSR count). The number of hydrogen-bond acceptors (Lipinski definition) is 4. The monoisotopic (exact) mass is 274 g/mol. The van der Waals surface area contributed by atoms with Gasteiger partial charge in [0.2, 0.25) is 0 Å². The van der Waals surface area contributed by atoms with Gasteiger partial charge in [0, 0.05) is 24.6 Å². The summed E-state index contributed by atoms with van der Waals surface area (Å²) in [4.78, 5) is 11.7. The second kappa shape index (κ2) is 5.58. The van der Waals surface area contributed by atoms with E-state index < -0.39 is 0 Å². The second-order valence-electron chi connectivity index (χ2n) is 6.61. The van der Waals surface area contributed by atoms with Gasteiger partial charge in [-0.15, -0.1) is 0 Å². The van der Waals surface area contributed by atoms with Gasteiger partial charge in [-0.05, 0) is 31.6 Å². The van der Waals surface area contributed by atoms with Crippen molar-refractivity contribution in [2.45, 2.75) is 64.3 Å². The first-order valence-electron chi connectivity index (χ1n) is 8.06. The molecule has 1 aliphatic carbocycles. The fourth-order valence-corrected chi connectivity index (χ4v) is 3.79. The third-order valence-electron chi connectivity index (χ3n) is 4.80. The van der Waals surface area contributed by atoms with E-state index in [1.165, 1.54) is 38.5 Å². The molecule has 0 radical (unpaired) electrons. The van der Waals surface area contributed by atoms with Crippen molar-refractivity contribution in [2.24, 2.45) is 5.92 Å². The maximum absolute atomic E-state index is 5.99. The highest BCUT2D eigenvalue weighted by molar-refractivity contribution is 5.48. The van der Waals surface area contributed by atoms with Gasteiger partial charge in [-0.25, -0.2) is 9.97 Å². The van der Waals surface area contributed by atoms with Crippen LogP contribution in [0.5, 0.6) is 0 Å². The number of hydrogen-bond donors (Lipinski definition) is 1. The van der Waals surface area contributed by atoms with E-state index in [0.29, 0.717) is 17.8 Å². The van der Waals surface area contributed by atoms with Gasteiger partial charge < -0.3 is 10.6 Å². The molecule has 2 N–H and O–H groups in total. The largest absolute Gasteiger partial charge is 0.384 e. The van der Waals surface area contributed by atoms with Gasteiger partial charge in [0.1, 0.15) is 17.5 Å². The minimum atomic E-state index is 0.323. The van der Waals surface area contributed by atoms with E-state index in [4.69, 9.17) is 10.7 Å². The normalized spacial score (nSPS) is 26.6. The maximum atomic E-state index is 5.99. The molecule has 1 aromatic rings. The number of rotatable bonds is 2. The van der Waals surface area contributed by atoms with E-state index in [1.54, 1.807) is 0 Å². The van der Waals surface area contributed by atoms with Crippen molar-refractivity contribution in [3.8, 4) is 0 Å². The average molecular weight is 274 g/mol.